The minimum atomic E-state index is -5.30. The molecule has 0 spiro atoms. The van der Waals surface area contributed by atoms with E-state index in [4.69, 9.17) is 39.5 Å². The van der Waals surface area contributed by atoms with Gasteiger partial charge in [0.25, 0.3) is 5.56 Å². The van der Waals surface area contributed by atoms with Crippen LogP contribution in [0.25, 0.3) is 11.2 Å². The third-order valence-corrected chi connectivity index (χ3v) is 9.67. The molecule has 1 unspecified atom stereocenters. The number of hydrogen-bond acceptors (Lipinski definition) is 19. The third-order valence-electron chi connectivity index (χ3n) is 8.68. The zero-order valence-electron chi connectivity index (χ0n) is 28.6. The number of nitrogen functional groups attached to an aromatic ring is 2. The van der Waals surface area contributed by atoms with E-state index in [0.717, 1.165) is 17.2 Å². The van der Waals surface area contributed by atoms with Crippen molar-refractivity contribution in [1.82, 2.24) is 34.1 Å². The number of aromatic nitrogens is 7. The summed E-state index contributed by atoms with van der Waals surface area (Å²) in [4.78, 5) is 80.3. The lowest BCUT2D eigenvalue weighted by Crippen LogP contribution is -2.41. The summed E-state index contributed by atoms with van der Waals surface area (Å²) in [5.41, 5.74) is 9.48. The summed E-state index contributed by atoms with van der Waals surface area (Å²) >= 11 is 0. The molecule has 3 aromatic heterocycles. The Morgan fingerprint density at radius 1 is 0.839 bits per heavy atom. The van der Waals surface area contributed by atoms with Gasteiger partial charge in [0.2, 0.25) is 11.9 Å². The van der Waals surface area contributed by atoms with Crippen LogP contribution in [0.4, 0.5) is 11.9 Å². The lowest BCUT2D eigenvalue weighted by Gasteiger charge is -2.26. The van der Waals surface area contributed by atoms with Crippen LogP contribution in [0.15, 0.2) is 82.9 Å². The second-order valence-electron chi connectivity index (χ2n) is 12.3. The Kier molecular flexibility index (Phi) is 10.7. The van der Waals surface area contributed by atoms with Gasteiger partial charge in [-0.05, 0) is 24.3 Å². The number of imidazole rings is 1. The molecule has 2 aliphatic rings. The molecule has 2 saturated heterocycles. The fraction of sp³-hybridized carbons (Fsp3) is 0.312. The van der Waals surface area contributed by atoms with E-state index in [2.05, 4.69) is 24.9 Å². The van der Waals surface area contributed by atoms with Gasteiger partial charge in [-0.15, -0.1) is 0 Å². The minimum absolute atomic E-state index is 0.0550. The predicted molar refractivity (Wildman–Crippen MR) is 186 cm³/mol. The first-order valence-electron chi connectivity index (χ1n) is 16.5. The Morgan fingerprint density at radius 2 is 1.43 bits per heavy atom. The number of aliphatic hydroxyl groups excluding tert-OH is 2. The maximum absolute atomic E-state index is 13.6. The highest BCUT2D eigenvalue weighted by molar-refractivity contribution is 7.47. The summed E-state index contributed by atoms with van der Waals surface area (Å²) in [7, 11) is -5.30. The van der Waals surface area contributed by atoms with Crippen molar-refractivity contribution in [3.05, 3.63) is 105 Å². The van der Waals surface area contributed by atoms with Crippen LogP contribution in [0.3, 0.4) is 0 Å². The molecule has 2 aliphatic heterocycles. The highest BCUT2D eigenvalue weighted by Gasteiger charge is 2.53. The van der Waals surface area contributed by atoms with Gasteiger partial charge in [0.1, 0.15) is 30.7 Å². The number of phosphoric acid groups is 1. The van der Waals surface area contributed by atoms with E-state index in [1.807, 2.05) is 0 Å². The number of nitrogens with two attached hydrogens (primary N) is 2. The number of aliphatic hydroxyl groups is 2. The van der Waals surface area contributed by atoms with E-state index >= 15 is 0 Å². The molecule has 0 saturated carbocycles. The first-order chi connectivity index (χ1) is 26.8. The van der Waals surface area contributed by atoms with Gasteiger partial charge in [-0.25, -0.2) is 28.9 Å². The van der Waals surface area contributed by atoms with Crippen molar-refractivity contribution >= 4 is 42.8 Å². The molecule has 0 bridgehead atoms. The number of benzene rings is 2. The van der Waals surface area contributed by atoms with E-state index in [1.165, 1.54) is 28.8 Å². The van der Waals surface area contributed by atoms with Gasteiger partial charge >= 0.3 is 25.5 Å². The number of phosphoric ester groups is 1. The Labute approximate surface area is 313 Å². The molecule has 5 heterocycles. The summed E-state index contributed by atoms with van der Waals surface area (Å²) in [5, 5.41) is 21.6. The molecule has 2 fully saturated rings. The second-order valence-corrected chi connectivity index (χ2v) is 13.7. The standard InChI is InChI=1S/C32H32N9O14P/c33-30-36-14-41(32(47)39-30)27-23(54-29(46)16-9-5-2-6-10-16)21(17(11-42)51-27)55-56(48,49)50-12-18-20(43)22(53-28(45)15-7-3-1-4-8-15)26(52-18)40-13-35-19-24(40)37-31(34)38-25(19)44/h1-10,13-14,17-18,20-23,26-27,42-43H,11-12H2,(H,48,49)(H2,33,39,47)(H3,34,37,38,44)/t17-,18-,20-,21-,22-,23-,26-,27-/m1/s1. The van der Waals surface area contributed by atoms with Crippen LogP contribution in [-0.4, -0.2) is 111 Å². The summed E-state index contributed by atoms with van der Waals surface area (Å²) in [5.74, 6) is -2.49. The number of esters is 2. The first kappa shape index (κ1) is 38.4. The zero-order chi connectivity index (χ0) is 39.7. The van der Waals surface area contributed by atoms with Crippen LogP contribution < -0.4 is 22.7 Å². The van der Waals surface area contributed by atoms with E-state index in [1.54, 1.807) is 36.4 Å². The van der Waals surface area contributed by atoms with Crippen molar-refractivity contribution in [1.29, 1.82) is 0 Å². The largest absolute Gasteiger partial charge is 0.472 e. The number of carbonyl (C=O) groups excluding carboxylic acids is 2. The van der Waals surface area contributed by atoms with Crippen LogP contribution in [0, 0.1) is 0 Å². The van der Waals surface area contributed by atoms with Crippen molar-refractivity contribution in [3.8, 4) is 0 Å². The molecular formula is C32H32N9O14P. The smallest absolute Gasteiger partial charge is 0.451 e. The molecule has 5 aromatic rings. The number of rotatable bonds is 12. The average Bonchev–Trinajstić information content (AvgIpc) is 3.84. The quantitative estimate of drug-likeness (QED) is 0.0654. The SMILES string of the molecule is Nc1ncn([C@@H]2O[C@H](CO)[C@@H](OP(=O)(O)OC[C@H]3O[C@@H](n4cnc5c(=O)[nH]c(N)nc54)[C@H](OC(=O)c4ccccc4)[C@@H]3O)[C@H]2OC(=O)c2ccccc2)c(=O)n1. The lowest BCUT2D eigenvalue weighted by molar-refractivity contribution is -0.0617. The molecule has 24 heteroatoms. The number of ether oxygens (including phenoxy) is 4. The van der Waals surface area contributed by atoms with Gasteiger partial charge in [-0.2, -0.15) is 9.97 Å². The Hall–Kier alpha value is -5.91. The average molecular weight is 798 g/mol. The molecule has 294 valence electrons. The van der Waals surface area contributed by atoms with Gasteiger partial charge in [0.15, 0.2) is 35.8 Å². The maximum atomic E-state index is 13.6. The van der Waals surface area contributed by atoms with Gasteiger partial charge < -0.3 is 45.5 Å². The van der Waals surface area contributed by atoms with E-state index < -0.39 is 93.3 Å². The van der Waals surface area contributed by atoms with Crippen LogP contribution in [0.5, 0.6) is 0 Å². The number of H-pyrrole nitrogens is 1. The van der Waals surface area contributed by atoms with Crippen LogP contribution in [-0.2, 0) is 32.6 Å². The van der Waals surface area contributed by atoms with Gasteiger partial charge in [0, 0.05) is 0 Å². The predicted octanol–water partition coefficient (Wildman–Crippen LogP) is -0.963. The maximum Gasteiger partial charge on any atom is 0.472 e. The number of nitrogens with one attached hydrogen (secondary N) is 1. The number of hydrogen-bond donors (Lipinski definition) is 6. The molecule has 7 rings (SSSR count). The lowest BCUT2D eigenvalue weighted by atomic mass is 10.1. The van der Waals surface area contributed by atoms with Crippen LogP contribution in [0.2, 0.25) is 0 Å². The van der Waals surface area contributed by atoms with E-state index in [0.29, 0.717) is 0 Å². The van der Waals surface area contributed by atoms with E-state index in [9.17, 15) is 38.8 Å². The number of fused-ring (bicyclic) bond motifs is 1. The van der Waals surface area contributed by atoms with Crippen LogP contribution >= 0.6 is 7.82 Å². The fourth-order valence-electron chi connectivity index (χ4n) is 6.08. The monoisotopic (exact) mass is 797 g/mol. The summed E-state index contributed by atoms with van der Waals surface area (Å²) in [6, 6.07) is 15.4. The number of nitrogens with zero attached hydrogens (tertiary/aromatic N) is 6. The van der Waals surface area contributed by atoms with Crippen molar-refractivity contribution in [3.63, 3.8) is 0 Å². The minimum Gasteiger partial charge on any atom is -0.451 e. The van der Waals surface area contributed by atoms with Gasteiger partial charge in [-0.3, -0.25) is 28.0 Å². The second kappa shape index (κ2) is 15.7. The molecule has 56 heavy (non-hydrogen) atoms. The number of carbonyl (C=O) groups is 2. The first-order valence-corrected chi connectivity index (χ1v) is 18.0. The highest BCUT2D eigenvalue weighted by atomic mass is 31.2. The summed E-state index contributed by atoms with van der Waals surface area (Å²) in [6.45, 7) is -1.76. The fourth-order valence-corrected chi connectivity index (χ4v) is 7.04. The van der Waals surface area contributed by atoms with Crippen molar-refractivity contribution in [2.45, 2.75) is 49.1 Å². The third kappa shape index (κ3) is 7.78. The van der Waals surface area contributed by atoms with Crippen molar-refractivity contribution < 1.29 is 57.3 Å². The summed E-state index contributed by atoms with van der Waals surface area (Å²) < 4.78 is 49.2. The molecule has 0 radical (unpaired) electrons. The Balaban J connectivity index is 1.14. The summed E-state index contributed by atoms with van der Waals surface area (Å²) in [6.07, 6.45) is -10.7. The van der Waals surface area contributed by atoms with Gasteiger partial charge in [0.05, 0.1) is 30.7 Å². The molecular weight excluding hydrogens is 765 g/mol. The number of anilines is 2. The molecule has 8 N–H and O–H groups in total. The van der Waals surface area contributed by atoms with Crippen molar-refractivity contribution in [2.75, 3.05) is 24.7 Å². The molecule has 23 nitrogen and oxygen atoms in total. The Morgan fingerprint density at radius 3 is 2.05 bits per heavy atom. The van der Waals surface area contributed by atoms with Crippen molar-refractivity contribution in [2.24, 2.45) is 0 Å². The zero-order valence-corrected chi connectivity index (χ0v) is 29.5. The van der Waals surface area contributed by atoms with Crippen LogP contribution in [0.1, 0.15) is 33.2 Å². The highest BCUT2D eigenvalue weighted by Crippen LogP contribution is 2.50. The van der Waals surface area contributed by atoms with Gasteiger partial charge in [-0.1, -0.05) is 36.4 Å². The normalized spacial score (nSPS) is 25.8. The molecule has 9 atom stereocenters. The topological polar surface area (TPSA) is 331 Å². The molecule has 2 aromatic carbocycles. The number of aromatic amines is 1. The Bertz CT molecular complexity index is 2400. The molecule has 0 amide bonds. The molecule has 0 aliphatic carbocycles. The van der Waals surface area contributed by atoms with E-state index in [-0.39, 0.29) is 34.2 Å².